The van der Waals surface area contributed by atoms with Crippen molar-refractivity contribution in [2.24, 2.45) is 7.05 Å². The minimum atomic E-state index is -4.48. The highest BCUT2D eigenvalue weighted by molar-refractivity contribution is 7.99. The Labute approximate surface area is 111 Å². The highest BCUT2D eigenvalue weighted by Crippen LogP contribution is 2.39. The van der Waals surface area contributed by atoms with Crippen LogP contribution in [0.2, 0.25) is 0 Å². The first-order valence-corrected chi connectivity index (χ1v) is 6.06. The largest absolute Gasteiger partial charge is 0.417 e. The molecule has 0 aliphatic carbocycles. The lowest BCUT2D eigenvalue weighted by atomic mass is 10.1. The molecule has 0 fully saturated rings. The van der Waals surface area contributed by atoms with E-state index in [-0.39, 0.29) is 10.5 Å². The van der Waals surface area contributed by atoms with E-state index in [0.717, 1.165) is 17.8 Å². The van der Waals surface area contributed by atoms with Crippen molar-refractivity contribution in [1.29, 1.82) is 0 Å². The molecule has 0 amide bonds. The maximum absolute atomic E-state index is 13.0. The van der Waals surface area contributed by atoms with E-state index in [1.165, 1.54) is 23.1 Å². The van der Waals surface area contributed by atoms with Gasteiger partial charge in [-0.1, -0.05) is 6.07 Å². The SMILES string of the molecule is Cn1ncnc1Sc1ccc(CO)cc1C(F)(F)F. The van der Waals surface area contributed by atoms with Gasteiger partial charge in [0.15, 0.2) is 5.16 Å². The van der Waals surface area contributed by atoms with Crippen molar-refractivity contribution in [1.82, 2.24) is 14.8 Å². The smallest absolute Gasteiger partial charge is 0.392 e. The molecule has 2 rings (SSSR count). The molecule has 19 heavy (non-hydrogen) atoms. The maximum Gasteiger partial charge on any atom is 0.417 e. The summed E-state index contributed by atoms with van der Waals surface area (Å²) in [4.78, 5) is 3.90. The Bertz CT molecular complexity index is 583. The lowest BCUT2D eigenvalue weighted by Crippen LogP contribution is -2.08. The molecular weight excluding hydrogens is 279 g/mol. The van der Waals surface area contributed by atoms with Gasteiger partial charge in [0.05, 0.1) is 12.2 Å². The monoisotopic (exact) mass is 289 g/mol. The number of hydrogen-bond donors (Lipinski definition) is 1. The predicted octanol–water partition coefficient (Wildman–Crippen LogP) is 2.48. The lowest BCUT2D eigenvalue weighted by molar-refractivity contribution is -0.139. The summed E-state index contributed by atoms with van der Waals surface area (Å²) in [7, 11) is 1.60. The number of halogens is 3. The van der Waals surface area contributed by atoms with Crippen LogP contribution in [0.5, 0.6) is 0 Å². The summed E-state index contributed by atoms with van der Waals surface area (Å²) < 4.78 is 40.3. The summed E-state index contributed by atoms with van der Waals surface area (Å²) in [6.45, 7) is -0.433. The highest BCUT2D eigenvalue weighted by atomic mass is 32.2. The zero-order chi connectivity index (χ0) is 14.0. The first-order valence-electron chi connectivity index (χ1n) is 5.24. The van der Waals surface area contributed by atoms with Crippen LogP contribution in [0, 0.1) is 0 Å². The molecule has 0 aliphatic heterocycles. The van der Waals surface area contributed by atoms with Crippen molar-refractivity contribution in [3.05, 3.63) is 35.7 Å². The molecule has 0 saturated heterocycles. The zero-order valence-corrected chi connectivity index (χ0v) is 10.7. The Hall–Kier alpha value is -1.54. The Kier molecular flexibility index (Phi) is 3.81. The second-order valence-electron chi connectivity index (χ2n) is 3.75. The van der Waals surface area contributed by atoms with Gasteiger partial charge in [0, 0.05) is 11.9 Å². The van der Waals surface area contributed by atoms with Crippen molar-refractivity contribution < 1.29 is 18.3 Å². The summed E-state index contributed by atoms with van der Waals surface area (Å²) in [5.41, 5.74) is -0.568. The molecule has 1 aromatic carbocycles. The molecule has 0 unspecified atom stereocenters. The summed E-state index contributed by atoms with van der Waals surface area (Å²) in [5.74, 6) is 0. The molecule has 0 atom stereocenters. The zero-order valence-electron chi connectivity index (χ0n) is 9.85. The minimum Gasteiger partial charge on any atom is -0.392 e. The fourth-order valence-electron chi connectivity index (χ4n) is 1.46. The van der Waals surface area contributed by atoms with Crippen LogP contribution in [-0.4, -0.2) is 19.9 Å². The summed E-state index contributed by atoms with van der Waals surface area (Å²) in [5, 5.41) is 13.1. The predicted molar refractivity (Wildman–Crippen MR) is 62.5 cm³/mol. The van der Waals surface area contributed by atoms with E-state index in [1.807, 2.05) is 0 Å². The van der Waals surface area contributed by atoms with Crippen molar-refractivity contribution in [3.63, 3.8) is 0 Å². The standard InChI is InChI=1S/C11H10F3N3OS/c1-17-10(15-6-16-17)19-9-3-2-7(5-18)4-8(9)11(12,13)14/h2-4,6,18H,5H2,1H3. The average molecular weight is 289 g/mol. The van der Waals surface area contributed by atoms with Gasteiger partial charge in [-0.3, -0.25) is 0 Å². The van der Waals surface area contributed by atoms with Gasteiger partial charge < -0.3 is 5.11 Å². The number of benzene rings is 1. The Morgan fingerprint density at radius 3 is 2.63 bits per heavy atom. The molecule has 0 radical (unpaired) electrons. The van der Waals surface area contributed by atoms with Gasteiger partial charge >= 0.3 is 6.18 Å². The van der Waals surface area contributed by atoms with E-state index in [0.29, 0.717) is 5.16 Å². The van der Waals surface area contributed by atoms with Crippen molar-refractivity contribution in [3.8, 4) is 0 Å². The quantitative estimate of drug-likeness (QED) is 0.943. The fourth-order valence-corrected chi connectivity index (χ4v) is 2.36. The van der Waals surface area contributed by atoms with Gasteiger partial charge in [0.2, 0.25) is 0 Å². The maximum atomic E-state index is 13.0. The van der Waals surface area contributed by atoms with Gasteiger partial charge in [0.25, 0.3) is 0 Å². The van der Waals surface area contributed by atoms with E-state index in [9.17, 15) is 13.2 Å². The van der Waals surface area contributed by atoms with E-state index >= 15 is 0 Å². The van der Waals surface area contributed by atoms with Crippen LogP contribution in [0.15, 0.2) is 34.6 Å². The van der Waals surface area contributed by atoms with Crippen LogP contribution in [0.1, 0.15) is 11.1 Å². The highest BCUT2D eigenvalue weighted by Gasteiger charge is 2.34. The molecule has 102 valence electrons. The lowest BCUT2D eigenvalue weighted by Gasteiger charge is -2.13. The third-order valence-corrected chi connectivity index (χ3v) is 3.53. The molecule has 1 N–H and O–H groups in total. The Morgan fingerprint density at radius 2 is 2.11 bits per heavy atom. The average Bonchev–Trinajstić information content (AvgIpc) is 2.74. The van der Waals surface area contributed by atoms with Gasteiger partial charge in [-0.2, -0.15) is 18.3 Å². The van der Waals surface area contributed by atoms with Crippen LogP contribution in [0.4, 0.5) is 13.2 Å². The number of aryl methyl sites for hydroxylation is 1. The van der Waals surface area contributed by atoms with Crippen LogP contribution in [0.25, 0.3) is 0 Å². The van der Waals surface area contributed by atoms with E-state index in [2.05, 4.69) is 10.1 Å². The van der Waals surface area contributed by atoms with Gasteiger partial charge in [-0.15, -0.1) is 0 Å². The molecule has 8 heteroatoms. The molecule has 4 nitrogen and oxygen atoms in total. The Balaban J connectivity index is 2.42. The second-order valence-corrected chi connectivity index (χ2v) is 4.76. The third-order valence-electron chi connectivity index (χ3n) is 2.40. The Morgan fingerprint density at radius 1 is 1.37 bits per heavy atom. The van der Waals surface area contributed by atoms with Crippen LogP contribution in [0.3, 0.4) is 0 Å². The molecule has 0 bridgehead atoms. The van der Waals surface area contributed by atoms with Gasteiger partial charge in [-0.25, -0.2) is 9.67 Å². The van der Waals surface area contributed by atoms with Gasteiger partial charge in [0.1, 0.15) is 6.33 Å². The number of hydrogen-bond acceptors (Lipinski definition) is 4. The molecule has 0 saturated carbocycles. The summed E-state index contributed by atoms with van der Waals surface area (Å²) in [6, 6.07) is 3.72. The topological polar surface area (TPSA) is 50.9 Å². The number of aromatic nitrogens is 3. The van der Waals surface area contributed by atoms with Crippen LogP contribution < -0.4 is 0 Å². The van der Waals surface area contributed by atoms with Crippen molar-refractivity contribution in [2.45, 2.75) is 22.8 Å². The first-order chi connectivity index (χ1) is 8.91. The van der Waals surface area contributed by atoms with Gasteiger partial charge in [-0.05, 0) is 29.5 Å². The van der Waals surface area contributed by atoms with Crippen LogP contribution >= 0.6 is 11.8 Å². The minimum absolute atomic E-state index is 0.0285. The second kappa shape index (κ2) is 5.22. The normalized spacial score (nSPS) is 11.8. The van der Waals surface area contributed by atoms with E-state index in [4.69, 9.17) is 5.11 Å². The molecule has 0 aliphatic rings. The van der Waals surface area contributed by atoms with E-state index < -0.39 is 18.3 Å². The molecular formula is C11H10F3N3OS. The first kappa shape index (κ1) is 13.9. The van der Waals surface area contributed by atoms with Crippen molar-refractivity contribution >= 4 is 11.8 Å². The number of aliphatic hydroxyl groups excluding tert-OH is 1. The molecule has 1 aromatic heterocycles. The summed E-state index contributed by atoms with van der Waals surface area (Å²) in [6.07, 6.45) is -3.20. The number of nitrogens with zero attached hydrogens (tertiary/aromatic N) is 3. The molecule has 2 aromatic rings. The van der Waals surface area contributed by atoms with Crippen LogP contribution in [-0.2, 0) is 19.8 Å². The third kappa shape index (κ3) is 3.07. The fraction of sp³-hybridized carbons (Fsp3) is 0.273. The number of aliphatic hydroxyl groups is 1. The molecule has 0 spiro atoms. The number of alkyl halides is 3. The molecule has 1 heterocycles. The summed E-state index contributed by atoms with van der Waals surface area (Å²) >= 11 is 0.881. The van der Waals surface area contributed by atoms with Crippen molar-refractivity contribution in [2.75, 3.05) is 0 Å². The van der Waals surface area contributed by atoms with E-state index in [1.54, 1.807) is 7.05 Å². The number of rotatable bonds is 3.